The van der Waals surface area contributed by atoms with Gasteiger partial charge in [0.15, 0.2) is 29.3 Å². The molecule has 0 spiro atoms. The molecule has 200 valence electrons. The van der Waals surface area contributed by atoms with Crippen molar-refractivity contribution in [1.29, 1.82) is 0 Å². The Labute approximate surface area is 230 Å². The van der Waals surface area contributed by atoms with E-state index in [0.29, 0.717) is 33.7 Å². The third-order valence-electron chi connectivity index (χ3n) is 6.08. The van der Waals surface area contributed by atoms with Crippen LogP contribution in [0, 0.1) is 0 Å². The number of rotatable bonds is 9. The van der Waals surface area contributed by atoms with E-state index in [-0.39, 0.29) is 12.2 Å². The molecule has 1 fully saturated rings. The number of carboxylic acids is 1. The van der Waals surface area contributed by atoms with Crippen molar-refractivity contribution < 1.29 is 24.5 Å². The summed E-state index contributed by atoms with van der Waals surface area (Å²) in [6.07, 6.45) is -1.55. The molecule has 15 heteroatoms. The fraction of sp³-hybridized carbons (Fsp3) is 0.250. The average molecular weight is 571 g/mol. The number of fused-ring (bicyclic) bond motifs is 1. The molecular weight excluding hydrogens is 551 g/mol. The third kappa shape index (κ3) is 5.53. The standard InChI is InChI=1S/C24H20Cl2N8O5/c25-14-3-1-12(2-4-14)9-38-16-6-5-15(26)7-13(16)8-28-21-18-22(30-10-29-21)34(11-31-18)23-19(35)17(32-33-27)20(39-23)24(36)37/h1-7,10-11,17,19-20,23,35H,8-9H2,(H,36,37)(H,28,29,30). The summed E-state index contributed by atoms with van der Waals surface area (Å²) < 4.78 is 12.9. The van der Waals surface area contributed by atoms with Gasteiger partial charge in [0.1, 0.15) is 30.8 Å². The number of hydrogen-bond donors (Lipinski definition) is 3. The lowest BCUT2D eigenvalue weighted by Gasteiger charge is -2.17. The van der Waals surface area contributed by atoms with E-state index in [1.54, 1.807) is 30.3 Å². The Balaban J connectivity index is 1.36. The quantitative estimate of drug-likeness (QED) is 0.150. The van der Waals surface area contributed by atoms with Crippen molar-refractivity contribution in [1.82, 2.24) is 19.5 Å². The summed E-state index contributed by atoms with van der Waals surface area (Å²) in [4.78, 5) is 27.0. The van der Waals surface area contributed by atoms with E-state index in [1.165, 1.54) is 17.2 Å². The molecular formula is C24H20Cl2N8O5. The molecule has 0 saturated carbocycles. The molecule has 39 heavy (non-hydrogen) atoms. The van der Waals surface area contributed by atoms with Gasteiger partial charge in [-0.15, -0.1) is 0 Å². The predicted molar refractivity (Wildman–Crippen MR) is 140 cm³/mol. The fourth-order valence-corrected chi connectivity index (χ4v) is 4.52. The molecule has 3 heterocycles. The van der Waals surface area contributed by atoms with Gasteiger partial charge >= 0.3 is 5.97 Å². The summed E-state index contributed by atoms with van der Waals surface area (Å²) in [5.41, 5.74) is 11.1. The lowest BCUT2D eigenvalue weighted by Crippen LogP contribution is -2.34. The average Bonchev–Trinajstić information content (AvgIpc) is 3.49. The monoisotopic (exact) mass is 570 g/mol. The molecule has 0 bridgehead atoms. The van der Waals surface area contributed by atoms with Crippen LogP contribution in [0.5, 0.6) is 5.75 Å². The molecule has 4 atom stereocenters. The normalized spacial score (nSPS) is 20.5. The Morgan fingerprint density at radius 1 is 1.18 bits per heavy atom. The molecule has 5 rings (SSSR count). The van der Waals surface area contributed by atoms with Gasteiger partial charge in [-0.25, -0.2) is 19.7 Å². The number of carbonyl (C=O) groups is 1. The Hall–Kier alpha value is -4.13. The van der Waals surface area contributed by atoms with Crippen LogP contribution in [0.1, 0.15) is 17.4 Å². The Kier molecular flexibility index (Phi) is 7.68. The molecule has 1 aliphatic rings. The smallest absolute Gasteiger partial charge is 0.333 e. The van der Waals surface area contributed by atoms with Gasteiger partial charge in [-0.1, -0.05) is 40.4 Å². The van der Waals surface area contributed by atoms with Crippen LogP contribution in [0.3, 0.4) is 0 Å². The fourth-order valence-electron chi connectivity index (χ4n) is 4.20. The Bertz CT molecular complexity index is 1560. The lowest BCUT2D eigenvalue weighted by molar-refractivity contribution is -0.152. The first-order chi connectivity index (χ1) is 18.9. The molecule has 2 aromatic carbocycles. The summed E-state index contributed by atoms with van der Waals surface area (Å²) in [6, 6.07) is 11.3. The van der Waals surface area contributed by atoms with E-state index in [9.17, 15) is 15.0 Å². The van der Waals surface area contributed by atoms with Crippen LogP contribution < -0.4 is 10.1 Å². The summed E-state index contributed by atoms with van der Waals surface area (Å²) in [6.45, 7) is 0.601. The molecule has 0 radical (unpaired) electrons. The maximum atomic E-state index is 11.6. The minimum absolute atomic E-state index is 0.271. The van der Waals surface area contributed by atoms with Crippen LogP contribution in [0.15, 0.2) is 60.2 Å². The highest BCUT2D eigenvalue weighted by Gasteiger charge is 2.48. The summed E-state index contributed by atoms with van der Waals surface area (Å²) in [5, 5.41) is 27.9. The van der Waals surface area contributed by atoms with Gasteiger partial charge in [-0.3, -0.25) is 4.57 Å². The molecule has 4 aromatic rings. The first-order valence-corrected chi connectivity index (χ1v) is 12.3. The lowest BCUT2D eigenvalue weighted by atomic mass is 10.1. The van der Waals surface area contributed by atoms with E-state index < -0.39 is 30.4 Å². The first-order valence-electron chi connectivity index (χ1n) is 11.5. The molecule has 0 amide bonds. The highest BCUT2D eigenvalue weighted by atomic mass is 35.5. The SMILES string of the molecule is [N-]=[N+]=NC1C(C(=O)O)OC(n2cnc3c(NCc4cc(Cl)ccc4OCc4ccc(Cl)cc4)ncnc32)C1O. The van der Waals surface area contributed by atoms with Crippen molar-refractivity contribution in [3.05, 3.63) is 86.7 Å². The summed E-state index contributed by atoms with van der Waals surface area (Å²) in [5.74, 6) is -0.383. The number of aliphatic hydroxyl groups excluding tert-OH is 1. The van der Waals surface area contributed by atoms with Gasteiger partial charge in [0, 0.05) is 27.1 Å². The van der Waals surface area contributed by atoms with Gasteiger partial charge in [0.25, 0.3) is 0 Å². The summed E-state index contributed by atoms with van der Waals surface area (Å²) >= 11 is 12.2. The zero-order valence-corrected chi connectivity index (χ0v) is 21.4. The van der Waals surface area contributed by atoms with Gasteiger partial charge in [0.05, 0.1) is 6.33 Å². The highest BCUT2D eigenvalue weighted by Crippen LogP contribution is 2.34. The Morgan fingerprint density at radius 3 is 2.69 bits per heavy atom. The largest absolute Gasteiger partial charge is 0.489 e. The second-order valence-electron chi connectivity index (χ2n) is 8.54. The topological polar surface area (TPSA) is 180 Å². The van der Waals surface area contributed by atoms with Crippen LogP contribution in [-0.4, -0.2) is 54.0 Å². The third-order valence-corrected chi connectivity index (χ3v) is 6.56. The number of aromatic nitrogens is 4. The van der Waals surface area contributed by atoms with Crippen LogP contribution in [0.25, 0.3) is 21.6 Å². The molecule has 1 saturated heterocycles. The molecule has 4 unspecified atom stereocenters. The van der Waals surface area contributed by atoms with Crippen molar-refractivity contribution in [3.8, 4) is 5.75 Å². The molecule has 13 nitrogen and oxygen atoms in total. The van der Waals surface area contributed by atoms with E-state index in [4.69, 9.17) is 38.2 Å². The predicted octanol–water partition coefficient (Wildman–Crippen LogP) is 4.35. The number of halogens is 2. The number of imidazole rings is 1. The van der Waals surface area contributed by atoms with Gasteiger partial charge in [-0.2, -0.15) is 0 Å². The molecule has 3 N–H and O–H groups in total. The van der Waals surface area contributed by atoms with Crippen molar-refractivity contribution in [2.75, 3.05) is 5.32 Å². The number of azide groups is 1. The van der Waals surface area contributed by atoms with Gasteiger partial charge < -0.3 is 25.0 Å². The van der Waals surface area contributed by atoms with Crippen LogP contribution in [-0.2, 0) is 22.7 Å². The van der Waals surface area contributed by atoms with E-state index in [1.807, 2.05) is 12.1 Å². The maximum Gasteiger partial charge on any atom is 0.333 e. The van der Waals surface area contributed by atoms with E-state index in [2.05, 4.69) is 30.3 Å². The zero-order chi connectivity index (χ0) is 27.5. The second kappa shape index (κ2) is 11.3. The van der Waals surface area contributed by atoms with Crippen LogP contribution in [0.4, 0.5) is 5.82 Å². The molecule has 0 aliphatic carbocycles. The number of aliphatic hydroxyl groups is 1. The number of benzene rings is 2. The zero-order valence-electron chi connectivity index (χ0n) is 19.9. The van der Waals surface area contributed by atoms with E-state index in [0.717, 1.165) is 11.1 Å². The highest BCUT2D eigenvalue weighted by molar-refractivity contribution is 6.30. The van der Waals surface area contributed by atoms with Crippen LogP contribution >= 0.6 is 23.2 Å². The maximum absolute atomic E-state index is 11.6. The van der Waals surface area contributed by atoms with Gasteiger partial charge in [0.2, 0.25) is 0 Å². The number of carboxylic acid groups (broad SMARTS) is 1. The molecule has 2 aromatic heterocycles. The van der Waals surface area contributed by atoms with Crippen molar-refractivity contribution in [2.24, 2.45) is 5.11 Å². The van der Waals surface area contributed by atoms with E-state index >= 15 is 0 Å². The number of nitrogens with zero attached hydrogens (tertiary/aromatic N) is 7. The summed E-state index contributed by atoms with van der Waals surface area (Å²) in [7, 11) is 0. The number of hydrogen-bond acceptors (Lipinski definition) is 9. The number of aliphatic carboxylic acids is 1. The first kappa shape index (κ1) is 26.5. The number of anilines is 1. The molecule has 1 aliphatic heterocycles. The van der Waals surface area contributed by atoms with Crippen LogP contribution in [0.2, 0.25) is 10.0 Å². The minimum atomic E-state index is -1.54. The van der Waals surface area contributed by atoms with Gasteiger partial charge in [-0.05, 0) is 41.4 Å². The second-order valence-corrected chi connectivity index (χ2v) is 9.41. The number of ether oxygens (including phenoxy) is 2. The Morgan fingerprint density at radius 2 is 1.95 bits per heavy atom. The minimum Gasteiger partial charge on any atom is -0.489 e. The van der Waals surface area contributed by atoms with Crippen molar-refractivity contribution in [3.63, 3.8) is 0 Å². The number of nitrogens with one attached hydrogen (secondary N) is 1. The van der Waals surface area contributed by atoms with Crippen molar-refractivity contribution in [2.45, 2.75) is 37.6 Å². The van der Waals surface area contributed by atoms with Crippen molar-refractivity contribution >= 4 is 46.2 Å².